The van der Waals surface area contributed by atoms with Crippen LogP contribution < -0.4 is 10.6 Å². The molecule has 0 aromatic heterocycles. The SMILES string of the molecule is Cc1cccc(N2C(=O)CC(N)C2C)c1C. The van der Waals surface area contributed by atoms with Crippen molar-refractivity contribution in [3.8, 4) is 0 Å². The molecule has 0 saturated carbocycles. The van der Waals surface area contributed by atoms with Crippen LogP contribution in [0.15, 0.2) is 18.2 Å². The third kappa shape index (κ3) is 1.61. The summed E-state index contributed by atoms with van der Waals surface area (Å²) < 4.78 is 0. The zero-order chi connectivity index (χ0) is 11.9. The van der Waals surface area contributed by atoms with E-state index in [1.54, 1.807) is 0 Å². The van der Waals surface area contributed by atoms with E-state index < -0.39 is 0 Å². The van der Waals surface area contributed by atoms with Crippen molar-refractivity contribution in [2.24, 2.45) is 5.73 Å². The molecule has 2 atom stereocenters. The lowest BCUT2D eigenvalue weighted by Gasteiger charge is -2.25. The van der Waals surface area contributed by atoms with Gasteiger partial charge in [0.15, 0.2) is 0 Å². The first-order valence-corrected chi connectivity index (χ1v) is 5.66. The Bertz CT molecular complexity index is 428. The van der Waals surface area contributed by atoms with Gasteiger partial charge in [-0.05, 0) is 38.0 Å². The zero-order valence-corrected chi connectivity index (χ0v) is 10.0. The summed E-state index contributed by atoms with van der Waals surface area (Å²) in [4.78, 5) is 13.7. The van der Waals surface area contributed by atoms with Gasteiger partial charge in [-0.25, -0.2) is 0 Å². The van der Waals surface area contributed by atoms with Gasteiger partial charge in [0.25, 0.3) is 0 Å². The molecule has 1 aliphatic rings. The number of hydrogen-bond acceptors (Lipinski definition) is 2. The first kappa shape index (κ1) is 11.1. The fourth-order valence-corrected chi connectivity index (χ4v) is 2.24. The highest BCUT2D eigenvalue weighted by Crippen LogP contribution is 2.30. The first-order valence-electron chi connectivity index (χ1n) is 5.66. The van der Waals surface area contributed by atoms with Gasteiger partial charge in [0.1, 0.15) is 0 Å². The lowest BCUT2D eigenvalue weighted by molar-refractivity contribution is -0.117. The van der Waals surface area contributed by atoms with Crippen molar-refractivity contribution in [2.45, 2.75) is 39.3 Å². The van der Waals surface area contributed by atoms with Gasteiger partial charge >= 0.3 is 0 Å². The number of carbonyl (C=O) groups excluding carboxylic acids is 1. The second-order valence-electron chi connectivity index (χ2n) is 4.59. The van der Waals surface area contributed by atoms with Crippen LogP contribution in [0.4, 0.5) is 5.69 Å². The van der Waals surface area contributed by atoms with Crippen molar-refractivity contribution in [3.63, 3.8) is 0 Å². The van der Waals surface area contributed by atoms with Gasteiger partial charge in [-0.2, -0.15) is 0 Å². The summed E-state index contributed by atoms with van der Waals surface area (Å²) in [6.07, 6.45) is 0.453. The van der Waals surface area contributed by atoms with Gasteiger partial charge in [0.2, 0.25) is 5.91 Å². The van der Waals surface area contributed by atoms with E-state index in [1.807, 2.05) is 24.0 Å². The lowest BCUT2D eigenvalue weighted by Crippen LogP contribution is -2.38. The Hall–Kier alpha value is -1.35. The molecule has 3 heteroatoms. The molecule has 0 aliphatic carbocycles. The smallest absolute Gasteiger partial charge is 0.228 e. The normalized spacial score (nSPS) is 25.2. The predicted octanol–water partition coefficient (Wildman–Crippen LogP) is 1.76. The molecule has 1 aromatic carbocycles. The zero-order valence-electron chi connectivity index (χ0n) is 10.0. The number of anilines is 1. The standard InChI is InChI=1S/C13H18N2O/c1-8-5-4-6-12(9(8)2)15-10(3)11(14)7-13(15)16/h4-6,10-11H,7,14H2,1-3H3. The second-order valence-corrected chi connectivity index (χ2v) is 4.59. The molecule has 1 aromatic rings. The van der Waals surface area contributed by atoms with Crippen molar-refractivity contribution in [2.75, 3.05) is 4.90 Å². The Labute approximate surface area is 96.2 Å². The average molecular weight is 218 g/mol. The largest absolute Gasteiger partial charge is 0.325 e. The molecular formula is C13H18N2O. The van der Waals surface area contributed by atoms with Crippen molar-refractivity contribution in [1.82, 2.24) is 0 Å². The molecule has 1 saturated heterocycles. The van der Waals surface area contributed by atoms with Crippen LogP contribution in [-0.2, 0) is 4.79 Å². The Kier molecular flexibility index (Phi) is 2.72. The molecule has 16 heavy (non-hydrogen) atoms. The third-order valence-electron chi connectivity index (χ3n) is 3.54. The van der Waals surface area contributed by atoms with Crippen LogP contribution in [0.25, 0.3) is 0 Å². The number of benzene rings is 1. The van der Waals surface area contributed by atoms with Crippen LogP contribution >= 0.6 is 0 Å². The molecule has 0 spiro atoms. The molecule has 0 radical (unpaired) electrons. The van der Waals surface area contributed by atoms with Crippen LogP contribution in [-0.4, -0.2) is 18.0 Å². The molecular weight excluding hydrogens is 200 g/mol. The Balaban J connectivity index is 2.44. The maximum atomic E-state index is 11.9. The van der Waals surface area contributed by atoms with Gasteiger partial charge in [-0.15, -0.1) is 0 Å². The van der Waals surface area contributed by atoms with Crippen molar-refractivity contribution in [1.29, 1.82) is 0 Å². The van der Waals surface area contributed by atoms with Gasteiger partial charge < -0.3 is 10.6 Å². The van der Waals surface area contributed by atoms with E-state index in [-0.39, 0.29) is 18.0 Å². The summed E-state index contributed by atoms with van der Waals surface area (Å²) in [5, 5.41) is 0. The molecule has 3 nitrogen and oxygen atoms in total. The van der Waals surface area contributed by atoms with Crippen LogP contribution in [0.3, 0.4) is 0 Å². The summed E-state index contributed by atoms with van der Waals surface area (Å²) in [5.41, 5.74) is 9.30. The van der Waals surface area contributed by atoms with E-state index in [1.165, 1.54) is 5.56 Å². The van der Waals surface area contributed by atoms with Gasteiger partial charge in [-0.3, -0.25) is 4.79 Å². The highest BCUT2D eigenvalue weighted by molar-refractivity contribution is 5.97. The summed E-state index contributed by atoms with van der Waals surface area (Å²) in [7, 11) is 0. The molecule has 1 amide bonds. The fourth-order valence-electron chi connectivity index (χ4n) is 2.24. The summed E-state index contributed by atoms with van der Waals surface area (Å²) >= 11 is 0. The summed E-state index contributed by atoms with van der Waals surface area (Å²) in [5.74, 6) is 0.133. The molecule has 1 fully saturated rings. The van der Waals surface area contributed by atoms with E-state index in [9.17, 15) is 4.79 Å². The van der Waals surface area contributed by atoms with E-state index in [0.29, 0.717) is 6.42 Å². The van der Waals surface area contributed by atoms with E-state index in [4.69, 9.17) is 5.73 Å². The predicted molar refractivity (Wildman–Crippen MR) is 65.5 cm³/mol. The Morgan fingerprint density at radius 2 is 2.06 bits per heavy atom. The van der Waals surface area contributed by atoms with Gasteiger partial charge in [-0.1, -0.05) is 12.1 Å². The van der Waals surface area contributed by atoms with E-state index >= 15 is 0 Å². The highest BCUT2D eigenvalue weighted by atomic mass is 16.2. The van der Waals surface area contributed by atoms with E-state index in [0.717, 1.165) is 11.3 Å². The van der Waals surface area contributed by atoms with Crippen molar-refractivity contribution < 1.29 is 4.79 Å². The number of carbonyl (C=O) groups is 1. The average Bonchev–Trinajstić information content (AvgIpc) is 2.47. The van der Waals surface area contributed by atoms with Crippen LogP contribution in [0.1, 0.15) is 24.5 Å². The quantitative estimate of drug-likeness (QED) is 0.780. The number of aryl methyl sites for hydroxylation is 1. The number of rotatable bonds is 1. The number of nitrogens with zero attached hydrogens (tertiary/aromatic N) is 1. The minimum Gasteiger partial charge on any atom is -0.325 e. The van der Waals surface area contributed by atoms with Crippen LogP contribution in [0.2, 0.25) is 0 Å². The molecule has 1 heterocycles. The van der Waals surface area contributed by atoms with Crippen molar-refractivity contribution >= 4 is 11.6 Å². The molecule has 2 unspecified atom stereocenters. The molecule has 0 bridgehead atoms. The third-order valence-corrected chi connectivity index (χ3v) is 3.54. The Morgan fingerprint density at radius 3 is 2.62 bits per heavy atom. The molecule has 1 aliphatic heterocycles. The van der Waals surface area contributed by atoms with Crippen LogP contribution in [0.5, 0.6) is 0 Å². The molecule has 86 valence electrons. The minimum atomic E-state index is -0.0487. The maximum absolute atomic E-state index is 11.9. The van der Waals surface area contributed by atoms with Gasteiger partial charge in [0, 0.05) is 24.2 Å². The minimum absolute atomic E-state index is 0.0487. The molecule has 2 N–H and O–H groups in total. The van der Waals surface area contributed by atoms with E-state index in [2.05, 4.69) is 19.9 Å². The van der Waals surface area contributed by atoms with Crippen molar-refractivity contribution in [3.05, 3.63) is 29.3 Å². The number of amides is 1. The maximum Gasteiger partial charge on any atom is 0.228 e. The number of nitrogens with two attached hydrogens (primary N) is 1. The van der Waals surface area contributed by atoms with Gasteiger partial charge in [0.05, 0.1) is 0 Å². The monoisotopic (exact) mass is 218 g/mol. The summed E-state index contributed by atoms with van der Waals surface area (Å²) in [6.45, 7) is 6.12. The highest BCUT2D eigenvalue weighted by Gasteiger charge is 2.35. The van der Waals surface area contributed by atoms with Crippen LogP contribution in [0, 0.1) is 13.8 Å². The number of hydrogen-bond donors (Lipinski definition) is 1. The lowest BCUT2D eigenvalue weighted by atomic mass is 10.1. The first-order chi connectivity index (χ1) is 7.52. The molecule has 2 rings (SSSR count). The second kappa shape index (κ2) is 3.91. The topological polar surface area (TPSA) is 46.3 Å². The Morgan fingerprint density at radius 1 is 1.38 bits per heavy atom. The fraction of sp³-hybridized carbons (Fsp3) is 0.462. The summed E-state index contributed by atoms with van der Waals surface area (Å²) in [6, 6.07) is 6.08.